The highest BCUT2D eigenvalue weighted by atomic mass is 16.3. The number of rotatable bonds is 1. The van der Waals surface area contributed by atoms with E-state index in [-0.39, 0.29) is 0 Å². The molecule has 1 aromatic carbocycles. The predicted octanol–water partition coefficient (Wildman–Crippen LogP) is 1.02. The van der Waals surface area contributed by atoms with Crippen LogP contribution in [-0.2, 0) is 0 Å². The molecule has 102 valence electrons. The van der Waals surface area contributed by atoms with Crippen LogP contribution in [0.1, 0.15) is 32.0 Å². The van der Waals surface area contributed by atoms with Crippen molar-refractivity contribution in [2.45, 2.75) is 26.4 Å². The molecular weight excluding hydrogens is 236 g/mol. The van der Waals surface area contributed by atoms with Crippen LogP contribution in [0, 0.1) is 10.8 Å². The number of phenolic OH excluding ortho intramolecular Hbond substituents is 1. The Morgan fingerprint density at radius 2 is 1.68 bits per heavy atom. The maximum absolute atomic E-state index is 9.47. The highest BCUT2D eigenvalue weighted by Crippen LogP contribution is 2.46. The maximum Gasteiger partial charge on any atom is 0.170 e. The number of phenols is 1. The van der Waals surface area contributed by atoms with E-state index in [9.17, 15) is 5.11 Å². The van der Waals surface area contributed by atoms with Crippen molar-refractivity contribution in [1.82, 2.24) is 4.90 Å². The largest absolute Gasteiger partial charge is 0.508 e. The summed E-state index contributed by atoms with van der Waals surface area (Å²) in [7, 11) is 0. The second-order valence-corrected chi connectivity index (χ2v) is 7.71. The topological polar surface area (TPSA) is 27.9 Å². The van der Waals surface area contributed by atoms with Gasteiger partial charge in [0.2, 0.25) is 0 Å². The summed E-state index contributed by atoms with van der Waals surface area (Å²) in [6.07, 6.45) is 1.89. The van der Waals surface area contributed by atoms with Crippen LogP contribution >= 0.6 is 0 Å². The summed E-state index contributed by atoms with van der Waals surface area (Å²) in [6, 6.07) is 7.84. The Morgan fingerprint density at radius 1 is 1.11 bits per heavy atom. The van der Waals surface area contributed by atoms with Crippen LogP contribution in [0.25, 0.3) is 0 Å². The first-order valence-electron chi connectivity index (χ1n) is 7.34. The van der Waals surface area contributed by atoms with Crippen LogP contribution < -0.4 is 4.90 Å². The lowest BCUT2D eigenvalue weighted by Gasteiger charge is -2.63. The molecule has 0 aliphatic carbocycles. The first-order chi connectivity index (χ1) is 8.96. The quantitative estimate of drug-likeness (QED) is 0.788. The zero-order valence-electron chi connectivity index (χ0n) is 11.8. The van der Waals surface area contributed by atoms with E-state index < -0.39 is 0 Å². The number of benzene rings is 1. The molecule has 0 saturated carbocycles. The minimum absolute atomic E-state index is 0.367. The summed E-state index contributed by atoms with van der Waals surface area (Å²) in [5, 5.41) is 9.47. The molecule has 4 aliphatic rings. The molecule has 4 bridgehead atoms. The monoisotopic (exact) mass is 259 g/mol. The molecule has 4 heterocycles. The van der Waals surface area contributed by atoms with Gasteiger partial charge >= 0.3 is 0 Å². The van der Waals surface area contributed by atoms with Gasteiger partial charge in [0.05, 0.1) is 13.1 Å². The van der Waals surface area contributed by atoms with E-state index in [2.05, 4.69) is 30.9 Å². The molecule has 5 rings (SSSR count). The van der Waals surface area contributed by atoms with Gasteiger partial charge < -0.3 is 10.0 Å². The molecule has 0 aromatic heterocycles. The molecule has 2 N–H and O–H groups in total. The minimum atomic E-state index is 0.367. The minimum Gasteiger partial charge on any atom is -0.508 e. The molecule has 4 aliphatic heterocycles. The van der Waals surface area contributed by atoms with E-state index in [1.165, 1.54) is 38.2 Å². The van der Waals surface area contributed by atoms with Crippen molar-refractivity contribution in [2.75, 3.05) is 26.2 Å². The number of nitrogens with one attached hydrogen (secondary N) is 1. The van der Waals surface area contributed by atoms with Crippen LogP contribution in [0.3, 0.4) is 0 Å². The van der Waals surface area contributed by atoms with Gasteiger partial charge in [-0.05, 0) is 30.7 Å². The Bertz CT molecular complexity index is 474. The Balaban J connectivity index is 1.71. The van der Waals surface area contributed by atoms with E-state index >= 15 is 0 Å². The molecule has 0 spiro atoms. The van der Waals surface area contributed by atoms with Gasteiger partial charge in [-0.15, -0.1) is 0 Å². The Labute approximate surface area is 114 Å². The normalized spacial score (nSPS) is 47.6. The fourth-order valence-electron chi connectivity index (χ4n) is 5.31. The van der Waals surface area contributed by atoms with E-state index in [4.69, 9.17) is 0 Å². The zero-order chi connectivity index (χ0) is 13.3. The molecule has 3 unspecified atom stereocenters. The van der Waals surface area contributed by atoms with Gasteiger partial charge in [-0.25, -0.2) is 4.90 Å². The molecule has 4 saturated heterocycles. The number of aromatic hydroxyl groups is 1. The van der Waals surface area contributed by atoms with Crippen LogP contribution in [0.4, 0.5) is 0 Å². The SMILES string of the molecule is CC12CN3CC(C)(C[NH+](C1)C3c1ccc(O)cc1)C2. The van der Waals surface area contributed by atoms with Gasteiger partial charge in [-0.3, -0.25) is 0 Å². The first kappa shape index (κ1) is 11.7. The third-order valence-corrected chi connectivity index (χ3v) is 5.29. The molecule has 19 heavy (non-hydrogen) atoms. The predicted molar refractivity (Wildman–Crippen MR) is 73.9 cm³/mol. The van der Waals surface area contributed by atoms with Crippen LogP contribution in [0.5, 0.6) is 5.75 Å². The summed E-state index contributed by atoms with van der Waals surface area (Å²) in [6.45, 7) is 9.98. The van der Waals surface area contributed by atoms with E-state index in [1.807, 2.05) is 12.1 Å². The van der Waals surface area contributed by atoms with Gasteiger partial charge in [0.15, 0.2) is 6.17 Å². The van der Waals surface area contributed by atoms with Crippen molar-refractivity contribution in [2.24, 2.45) is 10.8 Å². The summed E-state index contributed by atoms with van der Waals surface area (Å²) in [5.41, 5.74) is 2.38. The van der Waals surface area contributed by atoms with Gasteiger partial charge in [0.1, 0.15) is 5.75 Å². The van der Waals surface area contributed by atoms with E-state index in [0.717, 1.165) is 0 Å². The van der Waals surface area contributed by atoms with Crippen molar-refractivity contribution in [3.05, 3.63) is 29.8 Å². The maximum atomic E-state index is 9.47. The Hall–Kier alpha value is -1.06. The number of nitrogens with zero attached hydrogens (tertiary/aromatic N) is 1. The standard InChI is InChI=1S/C16H22N2O/c1-15-7-16(2)10-17(8-15)14(18(9-15)11-16)12-3-5-13(19)6-4-12/h3-6,14,19H,7-11H2,1-2H3/p+1. The smallest absolute Gasteiger partial charge is 0.170 e. The van der Waals surface area contributed by atoms with Crippen molar-refractivity contribution < 1.29 is 10.0 Å². The molecule has 3 heteroatoms. The Kier molecular flexibility index (Phi) is 2.18. The number of piperidine rings is 2. The average molecular weight is 259 g/mol. The molecule has 0 radical (unpaired) electrons. The highest BCUT2D eigenvalue weighted by Gasteiger charge is 2.59. The summed E-state index contributed by atoms with van der Waals surface area (Å²) < 4.78 is 0. The lowest BCUT2D eigenvalue weighted by Crippen LogP contribution is -3.21. The fourth-order valence-corrected chi connectivity index (χ4v) is 5.31. The van der Waals surface area contributed by atoms with Crippen LogP contribution in [0.2, 0.25) is 0 Å². The fraction of sp³-hybridized carbons (Fsp3) is 0.625. The van der Waals surface area contributed by atoms with Crippen molar-refractivity contribution in [1.29, 1.82) is 0 Å². The molecule has 3 atom stereocenters. The summed E-state index contributed by atoms with van der Waals surface area (Å²) in [4.78, 5) is 4.40. The van der Waals surface area contributed by atoms with E-state index in [0.29, 0.717) is 22.7 Å². The van der Waals surface area contributed by atoms with Crippen molar-refractivity contribution >= 4 is 0 Å². The molecule has 3 nitrogen and oxygen atoms in total. The second-order valence-electron chi connectivity index (χ2n) is 7.71. The Morgan fingerprint density at radius 3 is 2.21 bits per heavy atom. The van der Waals surface area contributed by atoms with Crippen molar-refractivity contribution in [3.63, 3.8) is 0 Å². The zero-order valence-corrected chi connectivity index (χ0v) is 11.8. The van der Waals surface area contributed by atoms with Gasteiger partial charge in [0.25, 0.3) is 0 Å². The van der Waals surface area contributed by atoms with Crippen LogP contribution in [-0.4, -0.2) is 36.2 Å². The van der Waals surface area contributed by atoms with Gasteiger partial charge in [0, 0.05) is 29.5 Å². The summed E-state index contributed by atoms with van der Waals surface area (Å²) in [5.74, 6) is 0.367. The van der Waals surface area contributed by atoms with E-state index in [1.54, 1.807) is 4.90 Å². The highest BCUT2D eigenvalue weighted by molar-refractivity contribution is 5.27. The van der Waals surface area contributed by atoms with Crippen LogP contribution in [0.15, 0.2) is 24.3 Å². The second kappa shape index (κ2) is 3.53. The van der Waals surface area contributed by atoms with Gasteiger partial charge in [-0.1, -0.05) is 13.8 Å². The third-order valence-electron chi connectivity index (χ3n) is 5.29. The molecule has 4 fully saturated rings. The third kappa shape index (κ3) is 1.72. The average Bonchev–Trinajstić information content (AvgIpc) is 2.27. The summed E-state index contributed by atoms with van der Waals surface area (Å²) >= 11 is 0. The number of hydrogen-bond acceptors (Lipinski definition) is 2. The van der Waals surface area contributed by atoms with Crippen molar-refractivity contribution in [3.8, 4) is 5.75 Å². The number of quaternary nitrogens is 1. The molecule has 1 aromatic rings. The first-order valence-corrected chi connectivity index (χ1v) is 7.34. The number of hydrogen-bond donors (Lipinski definition) is 2. The molecule has 0 amide bonds. The van der Waals surface area contributed by atoms with Gasteiger partial charge in [-0.2, -0.15) is 0 Å². The lowest BCUT2D eigenvalue weighted by molar-refractivity contribution is -0.980. The lowest BCUT2D eigenvalue weighted by atomic mass is 9.63. The molecular formula is C16H23N2O+.